The fraction of sp³-hybridized carbons (Fsp3) is 0.190. The molecule has 0 atom stereocenters. The van der Waals surface area contributed by atoms with Crippen molar-refractivity contribution in [3.05, 3.63) is 64.8 Å². The van der Waals surface area contributed by atoms with Gasteiger partial charge in [0.2, 0.25) is 0 Å². The number of benzene rings is 1. The Bertz CT molecular complexity index is 1080. The predicted molar refractivity (Wildman–Crippen MR) is 113 cm³/mol. The van der Waals surface area contributed by atoms with E-state index in [1.807, 2.05) is 0 Å². The molecule has 3 rings (SSSR count). The number of nitrogens with zero attached hydrogens (tertiary/aromatic N) is 2. The molecule has 1 aromatic heterocycles. The molecule has 0 spiro atoms. The van der Waals surface area contributed by atoms with Crippen LogP contribution in [0, 0.1) is 0 Å². The third kappa shape index (κ3) is 6.59. The van der Waals surface area contributed by atoms with E-state index in [2.05, 4.69) is 15.0 Å². The lowest BCUT2D eigenvalue weighted by Crippen LogP contribution is -2.38. The van der Waals surface area contributed by atoms with Crippen molar-refractivity contribution in [1.29, 1.82) is 0 Å². The fourth-order valence-electron chi connectivity index (χ4n) is 2.71. The van der Waals surface area contributed by atoms with Crippen molar-refractivity contribution in [2.75, 3.05) is 19.7 Å². The topological polar surface area (TPSA) is 115 Å². The molecule has 1 fully saturated rings. The lowest BCUT2D eigenvalue weighted by molar-refractivity contribution is -0.125. The van der Waals surface area contributed by atoms with Crippen LogP contribution in [0.2, 0.25) is 0 Å². The van der Waals surface area contributed by atoms with Crippen molar-refractivity contribution in [3.8, 4) is 5.75 Å². The van der Waals surface area contributed by atoms with Gasteiger partial charge in [-0.25, -0.2) is 4.79 Å². The number of esters is 1. The van der Waals surface area contributed by atoms with Gasteiger partial charge in [-0.05, 0) is 41.6 Å². The van der Waals surface area contributed by atoms with Gasteiger partial charge in [-0.15, -0.1) is 0 Å². The number of alkyl halides is 2. The zero-order valence-electron chi connectivity index (χ0n) is 16.9. The number of para-hydroxylation sites is 1. The second-order valence-corrected chi connectivity index (χ2v) is 7.41. The van der Waals surface area contributed by atoms with Crippen LogP contribution in [-0.4, -0.2) is 59.2 Å². The van der Waals surface area contributed by atoms with Crippen LogP contribution in [0.4, 0.5) is 13.6 Å². The standard InChI is InChI=1S/C21H17F2N3O6S/c22-20(23)32-15-6-2-1-5-14(15)19(29)31-12-17(27)25-8-9-26-18(28)16(33-21(26)30)10-13-4-3-7-24-11-13/h1-7,10-11,20H,8-9,12H2,(H,25,27)/b16-10-. The first-order valence-electron chi connectivity index (χ1n) is 9.48. The van der Waals surface area contributed by atoms with Gasteiger partial charge in [-0.2, -0.15) is 8.78 Å². The number of carbonyl (C=O) groups is 4. The van der Waals surface area contributed by atoms with Gasteiger partial charge >= 0.3 is 12.6 Å². The van der Waals surface area contributed by atoms with Gasteiger partial charge in [0.1, 0.15) is 11.3 Å². The summed E-state index contributed by atoms with van der Waals surface area (Å²) in [6, 6.07) is 8.65. The van der Waals surface area contributed by atoms with E-state index in [0.29, 0.717) is 5.56 Å². The number of hydrogen-bond acceptors (Lipinski definition) is 8. The average Bonchev–Trinajstić information content (AvgIpc) is 3.05. The molecule has 2 aromatic rings. The number of rotatable bonds is 9. The Hall–Kier alpha value is -3.80. The minimum Gasteiger partial charge on any atom is -0.452 e. The van der Waals surface area contributed by atoms with Gasteiger partial charge < -0.3 is 14.8 Å². The number of aromatic nitrogens is 1. The number of imide groups is 1. The van der Waals surface area contributed by atoms with E-state index in [1.54, 1.807) is 30.6 Å². The quantitative estimate of drug-likeness (QED) is 0.433. The summed E-state index contributed by atoms with van der Waals surface area (Å²) in [5.74, 6) is -2.59. The molecule has 172 valence electrons. The second-order valence-electron chi connectivity index (χ2n) is 6.42. The molecule has 3 amide bonds. The van der Waals surface area contributed by atoms with Gasteiger partial charge in [0.25, 0.3) is 17.1 Å². The molecular formula is C21H17F2N3O6S. The van der Waals surface area contributed by atoms with E-state index in [4.69, 9.17) is 4.74 Å². The van der Waals surface area contributed by atoms with E-state index in [-0.39, 0.29) is 29.3 Å². The van der Waals surface area contributed by atoms with Crippen molar-refractivity contribution in [1.82, 2.24) is 15.2 Å². The zero-order valence-corrected chi connectivity index (χ0v) is 17.7. The van der Waals surface area contributed by atoms with Crippen LogP contribution in [0.15, 0.2) is 53.7 Å². The monoisotopic (exact) mass is 477 g/mol. The highest BCUT2D eigenvalue weighted by Gasteiger charge is 2.34. The first-order chi connectivity index (χ1) is 15.8. The molecule has 0 saturated carbocycles. The molecule has 33 heavy (non-hydrogen) atoms. The van der Waals surface area contributed by atoms with Gasteiger partial charge in [0, 0.05) is 25.5 Å². The Balaban J connectivity index is 1.46. The normalized spacial score (nSPS) is 14.6. The molecule has 9 nitrogen and oxygen atoms in total. The number of nitrogens with one attached hydrogen (secondary N) is 1. The summed E-state index contributed by atoms with van der Waals surface area (Å²) >= 11 is 0.776. The first-order valence-corrected chi connectivity index (χ1v) is 10.3. The maximum Gasteiger partial charge on any atom is 0.387 e. The van der Waals surface area contributed by atoms with Crippen molar-refractivity contribution >= 4 is 40.9 Å². The maximum atomic E-state index is 12.4. The van der Waals surface area contributed by atoms with Crippen LogP contribution < -0.4 is 10.1 Å². The maximum absolute atomic E-state index is 12.4. The molecule has 0 bridgehead atoms. The molecule has 2 heterocycles. The molecule has 1 N–H and O–H groups in total. The molecule has 0 unspecified atom stereocenters. The van der Waals surface area contributed by atoms with Crippen molar-refractivity contribution < 1.29 is 37.4 Å². The highest BCUT2D eigenvalue weighted by molar-refractivity contribution is 8.18. The van der Waals surface area contributed by atoms with Crippen molar-refractivity contribution in [2.45, 2.75) is 6.61 Å². The van der Waals surface area contributed by atoms with E-state index in [0.717, 1.165) is 16.7 Å². The summed E-state index contributed by atoms with van der Waals surface area (Å²) in [5.41, 5.74) is 0.405. The van der Waals surface area contributed by atoms with E-state index in [9.17, 15) is 28.0 Å². The number of hydrogen-bond donors (Lipinski definition) is 1. The number of halogens is 2. The highest BCUT2D eigenvalue weighted by Crippen LogP contribution is 2.31. The fourth-order valence-corrected chi connectivity index (χ4v) is 3.57. The van der Waals surface area contributed by atoms with Gasteiger partial charge in [0.05, 0.1) is 4.91 Å². The Morgan fingerprint density at radius 2 is 1.97 bits per heavy atom. The molecule has 1 aromatic carbocycles. The molecule has 0 aliphatic carbocycles. The van der Waals surface area contributed by atoms with Gasteiger partial charge in [0.15, 0.2) is 6.61 Å². The molecular weight excluding hydrogens is 460 g/mol. The second kappa shape index (κ2) is 11.2. The Labute approximate surface area is 190 Å². The minimum atomic E-state index is -3.13. The average molecular weight is 477 g/mol. The van der Waals surface area contributed by atoms with Crippen LogP contribution in [0.3, 0.4) is 0 Å². The van der Waals surface area contributed by atoms with E-state index in [1.165, 1.54) is 24.3 Å². The summed E-state index contributed by atoms with van der Waals surface area (Å²) < 4.78 is 33.9. The summed E-state index contributed by atoms with van der Waals surface area (Å²) in [6.45, 7) is -3.97. The van der Waals surface area contributed by atoms with Crippen LogP contribution in [0.25, 0.3) is 6.08 Å². The first kappa shape index (κ1) is 23.9. The number of carbonyl (C=O) groups excluding carboxylic acids is 4. The SMILES string of the molecule is O=C(COC(=O)c1ccccc1OC(F)F)NCCN1C(=O)S/C(=C\c2cccnc2)C1=O. The summed E-state index contributed by atoms with van der Waals surface area (Å²) in [6.07, 6.45) is 4.68. The van der Waals surface area contributed by atoms with E-state index < -0.39 is 36.2 Å². The van der Waals surface area contributed by atoms with Gasteiger partial charge in [-0.1, -0.05) is 18.2 Å². The van der Waals surface area contributed by atoms with Crippen molar-refractivity contribution in [3.63, 3.8) is 0 Å². The number of amides is 3. The Kier molecular flexibility index (Phi) is 8.08. The summed E-state index contributed by atoms with van der Waals surface area (Å²) in [5, 5.41) is 1.94. The third-order valence-electron chi connectivity index (χ3n) is 4.17. The van der Waals surface area contributed by atoms with Crippen LogP contribution in [0.5, 0.6) is 5.75 Å². The molecule has 12 heteroatoms. The summed E-state index contributed by atoms with van der Waals surface area (Å²) in [7, 11) is 0. The Morgan fingerprint density at radius 1 is 1.18 bits per heavy atom. The Morgan fingerprint density at radius 3 is 2.70 bits per heavy atom. The predicted octanol–water partition coefficient (Wildman–Crippen LogP) is 2.69. The third-order valence-corrected chi connectivity index (χ3v) is 5.08. The van der Waals surface area contributed by atoms with Crippen molar-refractivity contribution in [2.24, 2.45) is 0 Å². The number of thioether (sulfide) groups is 1. The molecule has 0 radical (unpaired) electrons. The molecule has 1 aliphatic rings. The van der Waals surface area contributed by atoms with Gasteiger partial charge in [-0.3, -0.25) is 24.3 Å². The number of ether oxygens (including phenoxy) is 2. The lowest BCUT2D eigenvalue weighted by Gasteiger charge is -2.13. The van der Waals surface area contributed by atoms with Crippen LogP contribution in [-0.2, 0) is 14.3 Å². The van der Waals surface area contributed by atoms with E-state index >= 15 is 0 Å². The lowest BCUT2D eigenvalue weighted by atomic mass is 10.2. The van der Waals surface area contributed by atoms with Crippen LogP contribution in [0.1, 0.15) is 15.9 Å². The molecule has 1 saturated heterocycles. The minimum absolute atomic E-state index is 0.0698. The largest absolute Gasteiger partial charge is 0.452 e. The summed E-state index contributed by atoms with van der Waals surface area (Å²) in [4.78, 5) is 53.7. The smallest absolute Gasteiger partial charge is 0.387 e. The zero-order chi connectivity index (χ0) is 23.8. The highest BCUT2D eigenvalue weighted by atomic mass is 32.2. The number of pyridine rings is 1. The van der Waals surface area contributed by atoms with Crippen LogP contribution >= 0.6 is 11.8 Å². The molecule has 1 aliphatic heterocycles.